The molecule has 2 aromatic rings. The molecule has 0 radical (unpaired) electrons. The second-order valence-corrected chi connectivity index (χ2v) is 8.16. The lowest BCUT2D eigenvalue weighted by Gasteiger charge is -2.31. The van der Waals surface area contributed by atoms with Crippen molar-refractivity contribution in [3.63, 3.8) is 0 Å². The number of aromatic amines is 1. The summed E-state index contributed by atoms with van der Waals surface area (Å²) >= 11 is 0. The van der Waals surface area contributed by atoms with E-state index in [0.29, 0.717) is 25.3 Å². The van der Waals surface area contributed by atoms with E-state index in [1.54, 1.807) is 8.87 Å². The quantitative estimate of drug-likeness (QED) is 0.885. The molecule has 2 heterocycles. The van der Waals surface area contributed by atoms with Crippen LogP contribution < -0.4 is 5.69 Å². The van der Waals surface area contributed by atoms with Crippen molar-refractivity contribution in [1.29, 1.82) is 0 Å². The van der Waals surface area contributed by atoms with Crippen LogP contribution in [0, 0.1) is 0 Å². The Kier molecular flexibility index (Phi) is 4.86. The van der Waals surface area contributed by atoms with Gasteiger partial charge in [0.05, 0.1) is 11.4 Å². The molecule has 3 rings (SSSR count). The Morgan fingerprint density at radius 3 is 2.75 bits per heavy atom. The fraction of sp³-hybridized carbons (Fsp3) is 0.500. The lowest BCUT2D eigenvalue weighted by Crippen LogP contribution is -2.41. The molecular weight excluding hydrogens is 328 g/mol. The van der Waals surface area contributed by atoms with Crippen LogP contribution in [0.2, 0.25) is 0 Å². The van der Waals surface area contributed by atoms with Crippen LogP contribution in [0.3, 0.4) is 0 Å². The predicted molar refractivity (Wildman–Crippen MR) is 91.8 cm³/mol. The van der Waals surface area contributed by atoms with Crippen LogP contribution in [-0.4, -0.2) is 46.3 Å². The Bertz CT molecular complexity index is 842. The molecule has 1 fully saturated rings. The van der Waals surface area contributed by atoms with Crippen LogP contribution in [-0.2, 0) is 10.0 Å². The van der Waals surface area contributed by atoms with E-state index in [9.17, 15) is 13.2 Å². The number of hydrogen-bond acceptors (Lipinski definition) is 4. The summed E-state index contributed by atoms with van der Waals surface area (Å²) in [6.07, 6.45) is 2.18. The van der Waals surface area contributed by atoms with E-state index in [0.717, 1.165) is 18.5 Å². The van der Waals surface area contributed by atoms with Gasteiger partial charge in [-0.25, -0.2) is 27.2 Å². The number of sulfonamides is 1. The number of piperidine rings is 1. The fourth-order valence-electron chi connectivity index (χ4n) is 3.20. The van der Waals surface area contributed by atoms with E-state index in [-0.39, 0.29) is 17.4 Å². The summed E-state index contributed by atoms with van der Waals surface area (Å²) in [6.45, 7) is 2.78. The normalized spacial score (nSPS) is 19.5. The van der Waals surface area contributed by atoms with Gasteiger partial charge >= 0.3 is 5.69 Å². The number of H-pyrrole nitrogens is 1. The Morgan fingerprint density at radius 1 is 1.29 bits per heavy atom. The first-order valence-corrected chi connectivity index (χ1v) is 9.84. The van der Waals surface area contributed by atoms with Crippen molar-refractivity contribution in [1.82, 2.24) is 19.1 Å². The smallest absolute Gasteiger partial charge is 0.247 e. The molecule has 0 amide bonds. The predicted octanol–water partition coefficient (Wildman–Crippen LogP) is 1.48. The Morgan fingerprint density at radius 2 is 2.04 bits per heavy atom. The molecule has 8 heteroatoms. The minimum Gasteiger partial charge on any atom is -0.247 e. The molecular formula is C16H22N4O3S. The average Bonchev–Trinajstić information content (AvgIpc) is 2.97. The van der Waals surface area contributed by atoms with E-state index in [1.807, 2.05) is 37.3 Å². The molecule has 1 N–H and O–H groups in total. The molecule has 1 aliphatic rings. The van der Waals surface area contributed by atoms with Gasteiger partial charge in [0.1, 0.15) is 5.82 Å². The first-order chi connectivity index (χ1) is 11.5. The van der Waals surface area contributed by atoms with Crippen molar-refractivity contribution >= 4 is 10.0 Å². The second-order valence-electron chi connectivity index (χ2n) is 6.07. The van der Waals surface area contributed by atoms with Crippen LogP contribution >= 0.6 is 0 Å². The van der Waals surface area contributed by atoms with Crippen LogP contribution in [0.4, 0.5) is 0 Å². The Labute approximate surface area is 141 Å². The molecule has 1 aromatic carbocycles. The highest BCUT2D eigenvalue weighted by atomic mass is 32.2. The molecule has 1 aromatic heterocycles. The van der Waals surface area contributed by atoms with E-state index in [2.05, 4.69) is 10.2 Å². The summed E-state index contributed by atoms with van der Waals surface area (Å²) in [4.78, 5) is 12.2. The van der Waals surface area contributed by atoms with Crippen LogP contribution in [0.25, 0.3) is 5.69 Å². The zero-order chi connectivity index (χ0) is 17.2. The zero-order valence-corrected chi connectivity index (χ0v) is 14.5. The van der Waals surface area contributed by atoms with Gasteiger partial charge in [0.2, 0.25) is 10.0 Å². The number of hydrogen-bond donors (Lipinski definition) is 1. The largest absolute Gasteiger partial charge is 0.347 e. The third-order valence-electron chi connectivity index (χ3n) is 4.32. The minimum atomic E-state index is -3.24. The first-order valence-electron chi connectivity index (χ1n) is 8.23. The lowest BCUT2D eigenvalue weighted by molar-refractivity contribution is 0.307. The maximum absolute atomic E-state index is 12.4. The molecule has 7 nitrogen and oxygen atoms in total. The molecule has 130 valence electrons. The SMILES string of the molecule is CCCS(=O)(=O)N1CCCC(c2n[nH]c(=O)n2-c2ccccc2)C1. The minimum absolute atomic E-state index is 0.0930. The summed E-state index contributed by atoms with van der Waals surface area (Å²) < 4.78 is 27.8. The maximum atomic E-state index is 12.4. The van der Waals surface area contributed by atoms with Gasteiger partial charge in [-0.1, -0.05) is 25.1 Å². The average molecular weight is 350 g/mol. The summed E-state index contributed by atoms with van der Waals surface area (Å²) in [6, 6.07) is 9.28. The lowest BCUT2D eigenvalue weighted by atomic mass is 9.98. The first kappa shape index (κ1) is 16.9. The molecule has 1 aliphatic heterocycles. The van der Waals surface area contributed by atoms with E-state index >= 15 is 0 Å². The molecule has 0 bridgehead atoms. The number of aromatic nitrogens is 3. The standard InChI is InChI=1S/C16H22N4O3S/c1-2-11-24(22,23)19-10-6-7-13(12-19)15-17-18-16(21)20(15)14-8-4-3-5-9-14/h3-5,8-9,13H,2,6-7,10-12H2,1H3,(H,18,21). The van der Waals surface area contributed by atoms with Crippen LogP contribution in [0.15, 0.2) is 35.1 Å². The van der Waals surface area contributed by atoms with Gasteiger partial charge in [-0.15, -0.1) is 0 Å². The summed E-state index contributed by atoms with van der Waals surface area (Å²) in [5.74, 6) is 0.665. The zero-order valence-electron chi connectivity index (χ0n) is 13.7. The van der Waals surface area contributed by atoms with Gasteiger partial charge in [-0.3, -0.25) is 0 Å². The van der Waals surface area contributed by atoms with Crippen LogP contribution in [0.1, 0.15) is 37.9 Å². The summed E-state index contributed by atoms with van der Waals surface area (Å²) in [7, 11) is -3.24. The highest BCUT2D eigenvalue weighted by molar-refractivity contribution is 7.89. The number of para-hydroxylation sites is 1. The monoisotopic (exact) mass is 350 g/mol. The third-order valence-corrected chi connectivity index (χ3v) is 6.36. The molecule has 1 saturated heterocycles. The second kappa shape index (κ2) is 6.90. The number of nitrogens with one attached hydrogen (secondary N) is 1. The highest BCUT2D eigenvalue weighted by Crippen LogP contribution is 2.28. The summed E-state index contributed by atoms with van der Waals surface area (Å²) in [5.41, 5.74) is 0.435. The molecule has 0 spiro atoms. The Balaban J connectivity index is 1.92. The van der Waals surface area contributed by atoms with Gasteiger partial charge < -0.3 is 0 Å². The van der Waals surface area contributed by atoms with Crippen molar-refractivity contribution in [2.75, 3.05) is 18.8 Å². The maximum Gasteiger partial charge on any atom is 0.347 e. The molecule has 24 heavy (non-hydrogen) atoms. The third kappa shape index (κ3) is 3.29. The highest BCUT2D eigenvalue weighted by Gasteiger charge is 2.32. The van der Waals surface area contributed by atoms with Gasteiger partial charge in [-0.05, 0) is 31.4 Å². The van der Waals surface area contributed by atoms with Crippen molar-refractivity contribution in [2.45, 2.75) is 32.1 Å². The number of benzene rings is 1. The van der Waals surface area contributed by atoms with Crippen molar-refractivity contribution < 1.29 is 8.42 Å². The van der Waals surface area contributed by atoms with E-state index in [4.69, 9.17) is 0 Å². The van der Waals surface area contributed by atoms with Gasteiger partial charge in [0.15, 0.2) is 0 Å². The van der Waals surface area contributed by atoms with Crippen molar-refractivity contribution in [2.24, 2.45) is 0 Å². The Hall–Kier alpha value is -1.93. The molecule has 0 aliphatic carbocycles. The van der Waals surface area contributed by atoms with Crippen LogP contribution in [0.5, 0.6) is 0 Å². The van der Waals surface area contributed by atoms with E-state index < -0.39 is 10.0 Å². The fourth-order valence-corrected chi connectivity index (χ4v) is 4.79. The molecule has 1 unspecified atom stereocenters. The van der Waals surface area contributed by atoms with E-state index in [1.165, 1.54) is 0 Å². The van der Waals surface area contributed by atoms with Gasteiger partial charge in [0.25, 0.3) is 0 Å². The summed E-state index contributed by atoms with van der Waals surface area (Å²) in [5, 5.41) is 6.68. The van der Waals surface area contributed by atoms with Crippen molar-refractivity contribution in [3.8, 4) is 5.69 Å². The van der Waals surface area contributed by atoms with Crippen molar-refractivity contribution in [3.05, 3.63) is 46.6 Å². The van der Waals surface area contributed by atoms with Gasteiger partial charge in [-0.2, -0.15) is 5.10 Å². The number of nitrogens with zero attached hydrogens (tertiary/aromatic N) is 3. The topological polar surface area (TPSA) is 88.1 Å². The van der Waals surface area contributed by atoms with Gasteiger partial charge in [0, 0.05) is 19.0 Å². The number of rotatable bonds is 5. The molecule has 1 atom stereocenters. The molecule has 0 saturated carbocycles.